The Labute approximate surface area is 264 Å². The van der Waals surface area contributed by atoms with Crippen molar-refractivity contribution in [3.63, 3.8) is 0 Å². The van der Waals surface area contributed by atoms with Crippen molar-refractivity contribution in [2.24, 2.45) is 5.92 Å². The molecule has 2 aromatic heterocycles. The summed E-state index contributed by atoms with van der Waals surface area (Å²) >= 11 is 4.76. The van der Waals surface area contributed by atoms with Crippen molar-refractivity contribution in [1.29, 1.82) is 0 Å². The molecule has 0 saturated heterocycles. The Morgan fingerprint density at radius 1 is 1.16 bits per heavy atom. The number of ether oxygens (including phenoxy) is 3. The molecular weight excluding hydrogens is 638 g/mol. The monoisotopic (exact) mass is 675 g/mol. The van der Waals surface area contributed by atoms with Crippen LogP contribution >= 0.6 is 27.3 Å². The van der Waals surface area contributed by atoms with Gasteiger partial charge >= 0.3 is 18.0 Å². The number of nitrogens with one attached hydrogen (secondary N) is 1. The molecule has 0 unspecified atom stereocenters. The van der Waals surface area contributed by atoms with Gasteiger partial charge in [0.2, 0.25) is 0 Å². The number of hydrogen-bond acceptors (Lipinski definition) is 9. The van der Waals surface area contributed by atoms with Gasteiger partial charge in [-0.05, 0) is 87.0 Å². The second kappa shape index (κ2) is 13.9. The van der Waals surface area contributed by atoms with Crippen molar-refractivity contribution in [3.05, 3.63) is 45.1 Å². The van der Waals surface area contributed by atoms with E-state index in [-0.39, 0.29) is 23.3 Å². The van der Waals surface area contributed by atoms with Crippen LogP contribution in [0.25, 0.3) is 10.4 Å². The van der Waals surface area contributed by atoms with Crippen molar-refractivity contribution in [1.82, 2.24) is 5.16 Å². The number of carbonyl (C=O) groups excluding carboxylic acids is 3. The summed E-state index contributed by atoms with van der Waals surface area (Å²) in [7, 11) is 1.29. The average Bonchev–Trinajstić information content (AvgIpc) is 3.47. The largest absolute Gasteiger partial charge is 0.479 e. The first-order valence-corrected chi connectivity index (χ1v) is 15.9. The van der Waals surface area contributed by atoms with Gasteiger partial charge in [-0.1, -0.05) is 36.6 Å². The number of halogens is 1. The first-order chi connectivity index (χ1) is 20.4. The topological polar surface area (TPSA) is 120 Å². The highest BCUT2D eigenvalue weighted by molar-refractivity contribution is 9.10. The third kappa shape index (κ3) is 8.17. The predicted octanol–water partition coefficient (Wildman–Crippen LogP) is 7.91. The fraction of sp³-hybridized carbons (Fsp3) is 0.484. The number of anilines is 2. The van der Waals surface area contributed by atoms with Crippen LogP contribution in [0.4, 0.5) is 16.2 Å². The van der Waals surface area contributed by atoms with E-state index in [1.807, 2.05) is 24.3 Å². The summed E-state index contributed by atoms with van der Waals surface area (Å²) in [6.45, 7) is 9.02. The van der Waals surface area contributed by atoms with Gasteiger partial charge < -0.3 is 24.1 Å². The molecule has 43 heavy (non-hydrogen) atoms. The lowest BCUT2D eigenvalue weighted by Gasteiger charge is -2.30. The summed E-state index contributed by atoms with van der Waals surface area (Å²) in [6.07, 6.45) is 5.63. The van der Waals surface area contributed by atoms with Gasteiger partial charge in [0.1, 0.15) is 17.0 Å². The molecule has 0 spiro atoms. The molecule has 12 heteroatoms. The number of urea groups is 1. The van der Waals surface area contributed by atoms with Gasteiger partial charge in [0.05, 0.1) is 16.5 Å². The van der Waals surface area contributed by atoms with E-state index in [1.165, 1.54) is 24.9 Å². The Balaban J connectivity index is 1.67. The summed E-state index contributed by atoms with van der Waals surface area (Å²) in [6, 6.07) is 7.28. The van der Waals surface area contributed by atoms with E-state index in [0.717, 1.165) is 31.2 Å². The van der Waals surface area contributed by atoms with E-state index in [2.05, 4.69) is 26.4 Å². The minimum Gasteiger partial charge on any atom is -0.479 e. The molecule has 0 aliphatic heterocycles. The molecular formula is C31H38BrN3O7S. The zero-order chi connectivity index (χ0) is 31.3. The van der Waals surface area contributed by atoms with E-state index < -0.39 is 17.5 Å². The molecule has 1 N–H and O–H groups in total. The smallest absolute Gasteiger partial charge is 0.351 e. The molecule has 1 aliphatic carbocycles. The third-order valence-electron chi connectivity index (χ3n) is 7.03. The van der Waals surface area contributed by atoms with Crippen LogP contribution in [0.3, 0.4) is 0 Å². The Morgan fingerprint density at radius 2 is 1.88 bits per heavy atom. The number of rotatable bonds is 9. The van der Waals surface area contributed by atoms with Crippen LogP contribution in [-0.2, 0) is 14.3 Å². The maximum absolute atomic E-state index is 13.8. The van der Waals surface area contributed by atoms with Gasteiger partial charge in [-0.3, -0.25) is 4.90 Å². The van der Waals surface area contributed by atoms with Crippen LogP contribution in [0.2, 0.25) is 0 Å². The maximum Gasteiger partial charge on any atom is 0.351 e. The number of hydrogen-bond donors (Lipinski definition) is 1. The van der Waals surface area contributed by atoms with Crippen LogP contribution in [0.1, 0.15) is 74.0 Å². The number of carbonyl (C=O) groups is 3. The molecule has 2 amide bonds. The Kier molecular flexibility index (Phi) is 10.5. The van der Waals surface area contributed by atoms with E-state index in [9.17, 15) is 14.4 Å². The number of amides is 2. The van der Waals surface area contributed by atoms with Crippen LogP contribution in [-0.4, -0.2) is 49.0 Å². The zero-order valence-corrected chi connectivity index (χ0v) is 27.8. The molecule has 1 fully saturated rings. The second-order valence-corrected chi connectivity index (χ2v) is 13.4. The average molecular weight is 677 g/mol. The Bertz CT molecular complexity index is 1450. The van der Waals surface area contributed by atoms with Gasteiger partial charge in [0.25, 0.3) is 0 Å². The third-order valence-corrected chi connectivity index (χ3v) is 9.25. The second-order valence-electron chi connectivity index (χ2n) is 11.6. The number of thiophene rings is 1. The lowest BCUT2D eigenvalue weighted by molar-refractivity contribution is -0.157. The fourth-order valence-corrected chi connectivity index (χ4v) is 6.99. The molecule has 232 valence electrons. The molecule has 0 atom stereocenters. The van der Waals surface area contributed by atoms with E-state index >= 15 is 0 Å². The summed E-state index contributed by atoms with van der Waals surface area (Å²) < 4.78 is 21.9. The van der Waals surface area contributed by atoms with E-state index in [0.29, 0.717) is 44.6 Å². The van der Waals surface area contributed by atoms with Crippen LogP contribution in [0.15, 0.2) is 33.3 Å². The first kappa shape index (κ1) is 32.5. The van der Waals surface area contributed by atoms with Crippen molar-refractivity contribution in [3.8, 4) is 16.2 Å². The van der Waals surface area contributed by atoms with Gasteiger partial charge in [-0.2, -0.15) is 0 Å². The van der Waals surface area contributed by atoms with Crippen LogP contribution < -0.4 is 15.0 Å². The molecule has 10 nitrogen and oxygen atoms in total. The van der Waals surface area contributed by atoms with Crippen molar-refractivity contribution in [2.75, 3.05) is 30.5 Å². The molecule has 3 aromatic rings. The molecule has 1 aliphatic rings. The summed E-state index contributed by atoms with van der Waals surface area (Å²) in [5.74, 6) is -0.0509. The molecule has 1 aromatic carbocycles. The summed E-state index contributed by atoms with van der Waals surface area (Å²) in [5, 5.41) is 6.96. The Morgan fingerprint density at radius 3 is 2.51 bits per heavy atom. The lowest BCUT2D eigenvalue weighted by atomic mass is 9.89. The number of aryl methyl sites for hydroxylation is 2. The summed E-state index contributed by atoms with van der Waals surface area (Å²) in [4.78, 5) is 41.4. The lowest BCUT2D eigenvalue weighted by Crippen LogP contribution is -2.39. The first-order valence-electron chi connectivity index (χ1n) is 14.2. The van der Waals surface area contributed by atoms with Gasteiger partial charge in [0.15, 0.2) is 23.0 Å². The van der Waals surface area contributed by atoms with Gasteiger partial charge in [-0.15, -0.1) is 11.3 Å². The number of esters is 2. The van der Waals surface area contributed by atoms with Gasteiger partial charge in [0, 0.05) is 12.2 Å². The molecule has 4 rings (SSSR count). The highest BCUT2D eigenvalue weighted by Gasteiger charge is 2.28. The minimum atomic E-state index is -0.676. The van der Waals surface area contributed by atoms with Crippen LogP contribution in [0, 0.1) is 19.8 Å². The fourth-order valence-electron chi connectivity index (χ4n) is 5.02. The molecule has 0 radical (unpaired) electrons. The molecule has 0 bridgehead atoms. The van der Waals surface area contributed by atoms with E-state index in [1.54, 1.807) is 39.5 Å². The quantitative estimate of drug-likeness (QED) is 0.227. The van der Waals surface area contributed by atoms with Crippen molar-refractivity contribution in [2.45, 2.75) is 72.3 Å². The SMILES string of the molecule is COC(=O)c1sc(-c2cccc(N(CC3CCCCC3)C(=O)Nc3c(C)noc3C)c2)c(Br)c1OCC(=O)OC(C)(C)C. The molecule has 2 heterocycles. The molecule has 1 saturated carbocycles. The van der Waals surface area contributed by atoms with Crippen LogP contribution in [0.5, 0.6) is 5.75 Å². The minimum absolute atomic E-state index is 0.193. The Hall–Kier alpha value is -3.38. The maximum atomic E-state index is 13.8. The zero-order valence-electron chi connectivity index (χ0n) is 25.4. The number of aromatic nitrogens is 1. The number of nitrogens with zero attached hydrogens (tertiary/aromatic N) is 2. The highest BCUT2D eigenvalue weighted by atomic mass is 79.9. The number of methoxy groups -OCH3 is 1. The standard InChI is InChI=1S/C31H38BrN3O7S/c1-18-25(19(2)42-34-18)33-30(38)35(16-20-11-8-7-9-12-20)22-14-10-13-21(15-22)27-24(32)26(28(43-27)29(37)39-6)40-17-23(36)41-31(3,4)5/h10,13-15,20H,7-9,11-12,16-17H2,1-6H3,(H,33,38). The summed E-state index contributed by atoms with van der Waals surface area (Å²) in [5.41, 5.74) is 1.94. The highest BCUT2D eigenvalue weighted by Crippen LogP contribution is 2.46. The number of benzene rings is 1. The van der Waals surface area contributed by atoms with E-state index in [4.69, 9.17) is 18.7 Å². The predicted molar refractivity (Wildman–Crippen MR) is 169 cm³/mol. The van der Waals surface area contributed by atoms with Gasteiger partial charge in [-0.25, -0.2) is 14.4 Å². The van der Waals surface area contributed by atoms with Crippen molar-refractivity contribution < 1.29 is 33.1 Å². The normalized spacial score (nSPS) is 13.8. The van der Waals surface area contributed by atoms with Crippen molar-refractivity contribution >= 4 is 56.6 Å².